The molecule has 2 bridgehead atoms. The van der Waals surface area contributed by atoms with Crippen LogP contribution in [-0.4, -0.2) is 23.6 Å². The summed E-state index contributed by atoms with van der Waals surface area (Å²) in [5, 5.41) is 3.18. The fraction of sp³-hybridized carbons (Fsp3) is 0.556. The first-order chi connectivity index (χ1) is 11.0. The SMILES string of the molecule is CC(NC(=O)c1ccccc1SCC(N)=O)C1CC2CCC1C2. The number of carbonyl (C=O) groups is 2. The molecule has 1 aromatic rings. The number of hydrogen-bond donors (Lipinski definition) is 2. The van der Waals surface area contributed by atoms with Gasteiger partial charge in [-0.15, -0.1) is 11.8 Å². The van der Waals surface area contributed by atoms with E-state index in [9.17, 15) is 9.59 Å². The molecule has 5 heteroatoms. The Bertz CT molecular complexity index is 604. The molecule has 0 saturated heterocycles. The summed E-state index contributed by atoms with van der Waals surface area (Å²) in [6, 6.07) is 7.61. The molecule has 124 valence electrons. The number of fused-ring (bicyclic) bond motifs is 2. The monoisotopic (exact) mass is 332 g/mol. The van der Waals surface area contributed by atoms with Gasteiger partial charge >= 0.3 is 0 Å². The van der Waals surface area contributed by atoms with Crippen LogP contribution in [0.2, 0.25) is 0 Å². The molecule has 3 rings (SSSR count). The second-order valence-corrected chi connectivity index (χ2v) is 7.87. The number of hydrogen-bond acceptors (Lipinski definition) is 3. The van der Waals surface area contributed by atoms with Crippen LogP contribution in [0.15, 0.2) is 29.2 Å². The Morgan fingerprint density at radius 3 is 2.74 bits per heavy atom. The third kappa shape index (κ3) is 3.71. The van der Waals surface area contributed by atoms with Gasteiger partial charge < -0.3 is 11.1 Å². The van der Waals surface area contributed by atoms with Gasteiger partial charge in [-0.1, -0.05) is 18.6 Å². The van der Waals surface area contributed by atoms with E-state index in [1.165, 1.54) is 37.4 Å². The van der Waals surface area contributed by atoms with Gasteiger partial charge in [-0.3, -0.25) is 9.59 Å². The standard InChI is InChI=1S/C18H24N2O2S/c1-11(15-9-12-6-7-13(15)8-12)20-18(22)14-4-2-3-5-16(14)23-10-17(19)21/h2-5,11-13,15H,6-10H2,1H3,(H2,19,21)(H,20,22). The zero-order chi connectivity index (χ0) is 16.4. The van der Waals surface area contributed by atoms with Crippen LogP contribution in [0, 0.1) is 17.8 Å². The van der Waals surface area contributed by atoms with E-state index in [0.29, 0.717) is 11.5 Å². The molecule has 4 atom stereocenters. The van der Waals surface area contributed by atoms with Crippen LogP contribution in [0.4, 0.5) is 0 Å². The Kier molecular flexibility index (Phi) is 4.95. The molecule has 0 spiro atoms. The highest BCUT2D eigenvalue weighted by Gasteiger charge is 2.42. The predicted molar refractivity (Wildman–Crippen MR) is 92.2 cm³/mol. The van der Waals surface area contributed by atoms with E-state index in [1.807, 2.05) is 24.3 Å². The van der Waals surface area contributed by atoms with E-state index in [2.05, 4.69) is 12.2 Å². The molecule has 4 nitrogen and oxygen atoms in total. The molecule has 1 aromatic carbocycles. The maximum absolute atomic E-state index is 12.6. The second-order valence-electron chi connectivity index (χ2n) is 6.85. The molecule has 0 aliphatic heterocycles. The van der Waals surface area contributed by atoms with Crippen molar-refractivity contribution >= 4 is 23.6 Å². The first-order valence-electron chi connectivity index (χ1n) is 8.35. The fourth-order valence-electron chi connectivity index (χ4n) is 4.23. The molecule has 0 radical (unpaired) electrons. The van der Waals surface area contributed by atoms with E-state index in [0.717, 1.165) is 16.7 Å². The topological polar surface area (TPSA) is 72.2 Å². The van der Waals surface area contributed by atoms with E-state index >= 15 is 0 Å². The summed E-state index contributed by atoms with van der Waals surface area (Å²) < 4.78 is 0. The van der Waals surface area contributed by atoms with Crippen LogP contribution < -0.4 is 11.1 Å². The van der Waals surface area contributed by atoms with Gasteiger partial charge in [0.2, 0.25) is 5.91 Å². The van der Waals surface area contributed by atoms with Crippen molar-refractivity contribution in [2.75, 3.05) is 5.75 Å². The van der Waals surface area contributed by atoms with Crippen molar-refractivity contribution in [3.63, 3.8) is 0 Å². The first kappa shape index (κ1) is 16.4. The first-order valence-corrected chi connectivity index (χ1v) is 9.34. The van der Waals surface area contributed by atoms with Gasteiger partial charge in [-0.2, -0.15) is 0 Å². The van der Waals surface area contributed by atoms with Crippen LogP contribution >= 0.6 is 11.8 Å². The van der Waals surface area contributed by atoms with Crippen LogP contribution in [0.1, 0.15) is 43.0 Å². The quantitative estimate of drug-likeness (QED) is 0.787. The summed E-state index contributed by atoms with van der Waals surface area (Å²) in [4.78, 5) is 24.4. The summed E-state index contributed by atoms with van der Waals surface area (Å²) >= 11 is 1.32. The number of nitrogens with two attached hydrogens (primary N) is 1. The lowest BCUT2D eigenvalue weighted by atomic mass is 9.84. The number of thioether (sulfide) groups is 1. The fourth-order valence-corrected chi connectivity index (χ4v) is 5.02. The third-order valence-electron chi connectivity index (χ3n) is 5.30. The zero-order valence-corrected chi connectivity index (χ0v) is 14.3. The Labute approximate surface area is 141 Å². The molecule has 2 amide bonds. The van der Waals surface area contributed by atoms with Crippen LogP contribution in [0.5, 0.6) is 0 Å². The Morgan fingerprint density at radius 1 is 1.30 bits per heavy atom. The molecule has 3 N–H and O–H groups in total. The summed E-state index contributed by atoms with van der Waals surface area (Å²) in [6.45, 7) is 2.13. The minimum absolute atomic E-state index is 0.0483. The van der Waals surface area contributed by atoms with Crippen molar-refractivity contribution in [1.29, 1.82) is 0 Å². The second kappa shape index (κ2) is 6.95. The molecule has 23 heavy (non-hydrogen) atoms. The van der Waals surface area contributed by atoms with Gasteiger partial charge in [0.1, 0.15) is 0 Å². The van der Waals surface area contributed by atoms with Crippen molar-refractivity contribution in [1.82, 2.24) is 5.32 Å². The average molecular weight is 332 g/mol. The lowest BCUT2D eigenvalue weighted by Gasteiger charge is -2.28. The average Bonchev–Trinajstić information content (AvgIpc) is 3.16. The maximum atomic E-state index is 12.6. The van der Waals surface area contributed by atoms with Crippen molar-refractivity contribution in [2.24, 2.45) is 23.5 Å². The molecule has 2 saturated carbocycles. The van der Waals surface area contributed by atoms with Crippen LogP contribution in [0.3, 0.4) is 0 Å². The molecule has 2 aliphatic rings. The molecule has 0 heterocycles. The van der Waals surface area contributed by atoms with Crippen molar-refractivity contribution in [3.05, 3.63) is 29.8 Å². The molecule has 4 unspecified atom stereocenters. The van der Waals surface area contributed by atoms with Gasteiger partial charge in [0, 0.05) is 10.9 Å². The number of primary amides is 1. The van der Waals surface area contributed by atoms with Gasteiger partial charge in [0.15, 0.2) is 0 Å². The predicted octanol–water partition coefficient (Wildman–Crippen LogP) is 2.82. The molecule has 2 fully saturated rings. The van der Waals surface area contributed by atoms with Crippen molar-refractivity contribution in [2.45, 2.75) is 43.5 Å². The third-order valence-corrected chi connectivity index (χ3v) is 6.39. The number of benzene rings is 1. The maximum Gasteiger partial charge on any atom is 0.252 e. The van der Waals surface area contributed by atoms with Crippen LogP contribution in [0.25, 0.3) is 0 Å². The number of carbonyl (C=O) groups excluding carboxylic acids is 2. The Morgan fingerprint density at radius 2 is 2.09 bits per heavy atom. The summed E-state index contributed by atoms with van der Waals surface area (Å²) in [6.07, 6.45) is 5.29. The zero-order valence-electron chi connectivity index (χ0n) is 13.5. The van der Waals surface area contributed by atoms with Crippen molar-refractivity contribution < 1.29 is 9.59 Å². The Balaban J connectivity index is 1.65. The van der Waals surface area contributed by atoms with E-state index < -0.39 is 0 Å². The molecule has 2 aliphatic carbocycles. The molecular weight excluding hydrogens is 308 g/mol. The summed E-state index contributed by atoms with van der Waals surface area (Å²) in [5.41, 5.74) is 5.84. The summed E-state index contributed by atoms with van der Waals surface area (Å²) in [5.74, 6) is 2.04. The summed E-state index contributed by atoms with van der Waals surface area (Å²) in [7, 11) is 0. The number of nitrogens with one attached hydrogen (secondary N) is 1. The van der Waals surface area contributed by atoms with Crippen LogP contribution in [-0.2, 0) is 4.79 Å². The Hall–Kier alpha value is -1.49. The van der Waals surface area contributed by atoms with Gasteiger partial charge in [-0.05, 0) is 56.1 Å². The van der Waals surface area contributed by atoms with E-state index in [1.54, 1.807) is 0 Å². The van der Waals surface area contributed by atoms with E-state index in [-0.39, 0.29) is 23.6 Å². The normalized spacial score (nSPS) is 26.9. The minimum atomic E-state index is -0.374. The largest absolute Gasteiger partial charge is 0.369 e. The minimum Gasteiger partial charge on any atom is -0.369 e. The number of amides is 2. The molecular formula is C18H24N2O2S. The highest BCUT2D eigenvalue weighted by Crippen LogP contribution is 2.49. The lowest BCUT2D eigenvalue weighted by molar-refractivity contribution is -0.115. The number of rotatable bonds is 6. The smallest absolute Gasteiger partial charge is 0.252 e. The van der Waals surface area contributed by atoms with Gasteiger partial charge in [0.25, 0.3) is 5.91 Å². The van der Waals surface area contributed by atoms with E-state index in [4.69, 9.17) is 5.73 Å². The van der Waals surface area contributed by atoms with Gasteiger partial charge in [0.05, 0.1) is 11.3 Å². The molecule has 0 aromatic heterocycles. The highest BCUT2D eigenvalue weighted by atomic mass is 32.2. The lowest BCUT2D eigenvalue weighted by Crippen LogP contribution is -2.40. The highest BCUT2D eigenvalue weighted by molar-refractivity contribution is 8.00. The van der Waals surface area contributed by atoms with Crippen molar-refractivity contribution in [3.8, 4) is 0 Å². The van der Waals surface area contributed by atoms with Gasteiger partial charge in [-0.25, -0.2) is 0 Å².